The second kappa shape index (κ2) is 7.49. The minimum Gasteiger partial charge on any atom is -0.491 e. The number of halogens is 1. The van der Waals surface area contributed by atoms with E-state index >= 15 is 0 Å². The van der Waals surface area contributed by atoms with Crippen molar-refractivity contribution in [2.45, 2.75) is 32.4 Å². The molecule has 0 unspecified atom stereocenters. The Morgan fingerprint density at radius 1 is 1.19 bits per heavy atom. The first-order valence-corrected chi connectivity index (χ1v) is 5.35. The quantitative estimate of drug-likeness (QED) is 0.835. The number of benzene rings is 1. The van der Waals surface area contributed by atoms with Gasteiger partial charge >= 0.3 is 0 Å². The van der Waals surface area contributed by atoms with Crippen LogP contribution in [0.3, 0.4) is 0 Å². The molecule has 0 radical (unpaired) electrons. The minimum absolute atomic E-state index is 0. The topological polar surface area (TPSA) is 61.3 Å². The zero-order valence-electron chi connectivity index (χ0n) is 9.85. The van der Waals surface area contributed by atoms with Crippen molar-refractivity contribution in [3.63, 3.8) is 0 Å². The van der Waals surface area contributed by atoms with E-state index in [0.717, 1.165) is 17.7 Å². The Hall–Kier alpha value is -0.770. The molecule has 0 spiro atoms. The third-order valence-electron chi connectivity index (χ3n) is 2.16. The molecule has 4 heteroatoms. The highest BCUT2D eigenvalue weighted by molar-refractivity contribution is 5.85. The number of ether oxygens (including phenoxy) is 1. The van der Waals surface area contributed by atoms with Crippen molar-refractivity contribution in [2.75, 3.05) is 6.54 Å². The van der Waals surface area contributed by atoms with Gasteiger partial charge in [-0.15, -0.1) is 12.4 Å². The van der Waals surface area contributed by atoms with Crippen molar-refractivity contribution in [2.24, 2.45) is 11.5 Å². The fraction of sp³-hybridized carbons (Fsp3) is 0.500. The van der Waals surface area contributed by atoms with E-state index in [1.807, 2.05) is 38.1 Å². The first kappa shape index (κ1) is 15.2. The molecule has 0 heterocycles. The third kappa shape index (κ3) is 4.84. The van der Waals surface area contributed by atoms with Crippen LogP contribution in [0.15, 0.2) is 24.3 Å². The maximum absolute atomic E-state index is 5.94. The van der Waals surface area contributed by atoms with Gasteiger partial charge in [0.25, 0.3) is 0 Å². The SMILES string of the molecule is CC(C)Oc1ccc([C@H](N)CCN)cc1.Cl. The van der Waals surface area contributed by atoms with E-state index in [2.05, 4.69) is 0 Å². The van der Waals surface area contributed by atoms with Crippen molar-refractivity contribution in [1.29, 1.82) is 0 Å². The molecule has 1 aromatic rings. The molecule has 16 heavy (non-hydrogen) atoms. The summed E-state index contributed by atoms with van der Waals surface area (Å²) >= 11 is 0. The van der Waals surface area contributed by atoms with Gasteiger partial charge in [-0.05, 0) is 44.5 Å². The summed E-state index contributed by atoms with van der Waals surface area (Å²) in [6.07, 6.45) is 1.01. The average Bonchev–Trinajstić information content (AvgIpc) is 2.18. The van der Waals surface area contributed by atoms with Crippen molar-refractivity contribution < 1.29 is 4.74 Å². The minimum atomic E-state index is 0. The lowest BCUT2D eigenvalue weighted by atomic mass is 10.0. The lowest BCUT2D eigenvalue weighted by Gasteiger charge is -2.13. The van der Waals surface area contributed by atoms with Crippen LogP contribution in [0.25, 0.3) is 0 Å². The van der Waals surface area contributed by atoms with E-state index in [0.29, 0.717) is 6.54 Å². The second-order valence-electron chi connectivity index (χ2n) is 3.92. The maximum Gasteiger partial charge on any atom is 0.119 e. The summed E-state index contributed by atoms with van der Waals surface area (Å²) in [6, 6.07) is 7.93. The zero-order chi connectivity index (χ0) is 11.3. The molecular formula is C12H21ClN2O. The predicted molar refractivity (Wildman–Crippen MR) is 70.1 cm³/mol. The van der Waals surface area contributed by atoms with Gasteiger partial charge in [-0.3, -0.25) is 0 Å². The van der Waals surface area contributed by atoms with Crippen molar-refractivity contribution >= 4 is 12.4 Å². The van der Waals surface area contributed by atoms with Crippen LogP contribution in [0, 0.1) is 0 Å². The molecular weight excluding hydrogens is 224 g/mol. The molecule has 0 bridgehead atoms. The largest absolute Gasteiger partial charge is 0.491 e. The lowest BCUT2D eigenvalue weighted by molar-refractivity contribution is 0.242. The summed E-state index contributed by atoms with van der Waals surface area (Å²) in [5.74, 6) is 0.883. The van der Waals surface area contributed by atoms with E-state index < -0.39 is 0 Å². The van der Waals surface area contributed by atoms with Gasteiger partial charge in [0, 0.05) is 6.04 Å². The predicted octanol–water partition coefficient (Wildman–Crippen LogP) is 2.24. The molecule has 3 nitrogen and oxygen atoms in total. The Balaban J connectivity index is 0.00000225. The zero-order valence-corrected chi connectivity index (χ0v) is 10.7. The summed E-state index contributed by atoms with van der Waals surface area (Å²) < 4.78 is 5.54. The highest BCUT2D eigenvalue weighted by Gasteiger charge is 2.05. The van der Waals surface area contributed by atoms with Crippen molar-refractivity contribution in [1.82, 2.24) is 0 Å². The molecule has 1 rings (SSSR count). The molecule has 1 aromatic carbocycles. The van der Waals surface area contributed by atoms with Gasteiger partial charge in [0.05, 0.1) is 6.10 Å². The normalized spacial score (nSPS) is 12.1. The summed E-state index contributed by atoms with van der Waals surface area (Å²) in [7, 11) is 0. The third-order valence-corrected chi connectivity index (χ3v) is 2.16. The first-order valence-electron chi connectivity index (χ1n) is 5.35. The fourth-order valence-corrected chi connectivity index (χ4v) is 1.41. The Morgan fingerprint density at radius 3 is 2.19 bits per heavy atom. The van der Waals surface area contributed by atoms with Gasteiger partial charge < -0.3 is 16.2 Å². The van der Waals surface area contributed by atoms with E-state index in [-0.39, 0.29) is 24.6 Å². The van der Waals surface area contributed by atoms with E-state index in [1.54, 1.807) is 0 Å². The molecule has 1 atom stereocenters. The van der Waals surface area contributed by atoms with Crippen LogP contribution in [-0.2, 0) is 0 Å². The van der Waals surface area contributed by atoms with Crippen LogP contribution in [0.1, 0.15) is 31.9 Å². The maximum atomic E-state index is 5.94. The van der Waals surface area contributed by atoms with Gasteiger partial charge in [0.2, 0.25) is 0 Å². The summed E-state index contributed by atoms with van der Waals surface area (Å²) in [5, 5.41) is 0. The smallest absolute Gasteiger partial charge is 0.119 e. The van der Waals surface area contributed by atoms with Crippen LogP contribution >= 0.6 is 12.4 Å². The van der Waals surface area contributed by atoms with Gasteiger partial charge in [-0.1, -0.05) is 12.1 Å². The summed E-state index contributed by atoms with van der Waals surface area (Å²) in [6.45, 7) is 4.63. The summed E-state index contributed by atoms with van der Waals surface area (Å²) in [5.41, 5.74) is 12.5. The summed E-state index contributed by atoms with van der Waals surface area (Å²) in [4.78, 5) is 0. The average molecular weight is 245 g/mol. The fourth-order valence-electron chi connectivity index (χ4n) is 1.41. The Kier molecular flexibility index (Phi) is 7.13. The molecule has 0 fully saturated rings. The van der Waals surface area contributed by atoms with E-state index in [1.165, 1.54) is 0 Å². The second-order valence-corrected chi connectivity index (χ2v) is 3.92. The van der Waals surface area contributed by atoms with Crippen LogP contribution in [-0.4, -0.2) is 12.6 Å². The number of rotatable bonds is 5. The van der Waals surface area contributed by atoms with Crippen LogP contribution in [0.4, 0.5) is 0 Å². The number of hydrogen-bond acceptors (Lipinski definition) is 3. The van der Waals surface area contributed by atoms with Crippen molar-refractivity contribution in [3.8, 4) is 5.75 Å². The van der Waals surface area contributed by atoms with Gasteiger partial charge in [-0.25, -0.2) is 0 Å². The molecule has 0 aromatic heterocycles. The molecule has 0 aliphatic carbocycles. The molecule has 0 aliphatic rings. The van der Waals surface area contributed by atoms with E-state index in [4.69, 9.17) is 16.2 Å². The molecule has 0 amide bonds. The van der Waals surface area contributed by atoms with Crippen LogP contribution < -0.4 is 16.2 Å². The lowest BCUT2D eigenvalue weighted by Crippen LogP contribution is -2.15. The molecule has 4 N–H and O–H groups in total. The van der Waals surface area contributed by atoms with Crippen molar-refractivity contribution in [3.05, 3.63) is 29.8 Å². The Bertz CT molecular complexity index is 288. The highest BCUT2D eigenvalue weighted by atomic mass is 35.5. The molecule has 0 saturated heterocycles. The number of hydrogen-bond donors (Lipinski definition) is 2. The molecule has 0 saturated carbocycles. The molecule has 92 valence electrons. The Labute approximate surface area is 104 Å². The van der Waals surface area contributed by atoms with E-state index in [9.17, 15) is 0 Å². The van der Waals surface area contributed by atoms with Crippen LogP contribution in [0.5, 0.6) is 5.75 Å². The van der Waals surface area contributed by atoms with Gasteiger partial charge in [-0.2, -0.15) is 0 Å². The van der Waals surface area contributed by atoms with Crippen LogP contribution in [0.2, 0.25) is 0 Å². The first-order chi connectivity index (χ1) is 7.13. The van der Waals surface area contributed by atoms with Gasteiger partial charge in [0.15, 0.2) is 0 Å². The Morgan fingerprint density at radius 2 is 1.75 bits per heavy atom. The standard InChI is InChI=1S/C12H20N2O.ClH/c1-9(2)15-11-5-3-10(4-6-11)12(14)7-8-13;/h3-6,9,12H,7-8,13-14H2,1-2H3;1H/t12-;/m1./s1. The number of nitrogens with two attached hydrogens (primary N) is 2. The van der Waals surface area contributed by atoms with Gasteiger partial charge in [0.1, 0.15) is 5.75 Å². The molecule has 0 aliphatic heterocycles. The highest BCUT2D eigenvalue weighted by Crippen LogP contribution is 2.18. The monoisotopic (exact) mass is 244 g/mol.